The number of hydrogen-bond acceptors (Lipinski definition) is 5. The van der Waals surface area contributed by atoms with Crippen LogP contribution in [0.3, 0.4) is 0 Å². The molecule has 0 radical (unpaired) electrons. The molecule has 6 nitrogen and oxygen atoms in total. The van der Waals surface area contributed by atoms with Crippen molar-refractivity contribution < 1.29 is 13.0 Å². The molecule has 0 spiro atoms. The van der Waals surface area contributed by atoms with Crippen molar-refractivity contribution in [3.63, 3.8) is 0 Å². The van der Waals surface area contributed by atoms with Crippen LogP contribution in [0.2, 0.25) is 0 Å². The Morgan fingerprint density at radius 2 is 1.77 bits per heavy atom. The van der Waals surface area contributed by atoms with Crippen molar-refractivity contribution in [2.75, 3.05) is 0 Å². The highest BCUT2D eigenvalue weighted by Gasteiger charge is 2.18. The molecule has 1 aromatic carbocycles. The summed E-state index contributed by atoms with van der Waals surface area (Å²) in [7, 11) is -4.27. The van der Waals surface area contributed by atoms with Gasteiger partial charge in [-0.05, 0) is 47.5 Å². The van der Waals surface area contributed by atoms with Gasteiger partial charge in [0.15, 0.2) is 4.21 Å². The lowest BCUT2D eigenvalue weighted by atomic mass is 10.1. The summed E-state index contributed by atoms with van der Waals surface area (Å²) in [6.07, 6.45) is 1.57. The van der Waals surface area contributed by atoms with E-state index in [1.165, 1.54) is 0 Å². The number of pyridine rings is 2. The first-order valence-electron chi connectivity index (χ1n) is 9.98. The van der Waals surface area contributed by atoms with Crippen molar-refractivity contribution in [3.8, 4) is 11.1 Å². The Hall–Kier alpha value is -2.81. The molecular weight excluding hydrogens is 432 g/mol. The van der Waals surface area contributed by atoms with E-state index in [2.05, 4.69) is 6.92 Å². The van der Waals surface area contributed by atoms with Gasteiger partial charge in [-0.15, -0.1) is 11.3 Å². The molecule has 0 saturated heterocycles. The quantitative estimate of drug-likeness (QED) is 0.432. The fourth-order valence-electron chi connectivity index (χ4n) is 3.71. The molecule has 1 N–H and O–H groups in total. The zero-order valence-corrected chi connectivity index (χ0v) is 18.8. The fourth-order valence-corrected chi connectivity index (χ4v) is 5.47. The molecule has 0 bridgehead atoms. The number of thiophene rings is 1. The van der Waals surface area contributed by atoms with Gasteiger partial charge in [-0.2, -0.15) is 8.42 Å². The van der Waals surface area contributed by atoms with Gasteiger partial charge in [-0.25, -0.2) is 0 Å². The molecule has 0 aliphatic rings. The molecule has 0 unspecified atom stereocenters. The summed E-state index contributed by atoms with van der Waals surface area (Å²) in [5, 5.41) is 2.61. The predicted octanol–water partition coefficient (Wildman–Crippen LogP) is 4.54. The number of aryl methyl sites for hydroxylation is 2. The maximum absolute atomic E-state index is 12.7. The molecule has 0 atom stereocenters. The summed E-state index contributed by atoms with van der Waals surface area (Å²) in [5.41, 5.74) is 4.78. The number of fused-ring (bicyclic) bond motifs is 1. The van der Waals surface area contributed by atoms with Crippen molar-refractivity contribution in [2.24, 2.45) is 0 Å². The third-order valence-electron chi connectivity index (χ3n) is 5.28. The lowest BCUT2D eigenvalue weighted by Gasteiger charge is -2.14. The summed E-state index contributed by atoms with van der Waals surface area (Å²) >= 11 is 0.979. The van der Waals surface area contributed by atoms with Crippen LogP contribution in [0.15, 0.2) is 62.9 Å². The van der Waals surface area contributed by atoms with Gasteiger partial charge >= 0.3 is 10.1 Å². The molecule has 8 heteroatoms. The van der Waals surface area contributed by atoms with Crippen LogP contribution < -0.4 is 5.56 Å². The summed E-state index contributed by atoms with van der Waals surface area (Å²) in [6.45, 7) is 4.49. The molecule has 0 amide bonds. The van der Waals surface area contributed by atoms with Gasteiger partial charge in [0.2, 0.25) is 0 Å². The normalized spacial score (nSPS) is 11.8. The zero-order valence-electron chi connectivity index (χ0n) is 17.2. The van der Waals surface area contributed by atoms with E-state index in [1.807, 2.05) is 31.2 Å². The molecule has 3 aromatic heterocycles. The van der Waals surface area contributed by atoms with E-state index in [4.69, 9.17) is 4.98 Å². The third-order valence-corrected chi connectivity index (χ3v) is 7.60. The molecule has 0 aliphatic carbocycles. The Morgan fingerprint density at radius 3 is 2.42 bits per heavy atom. The number of hydrogen-bond donors (Lipinski definition) is 1. The highest BCUT2D eigenvalue weighted by atomic mass is 32.3. The highest BCUT2D eigenvalue weighted by Crippen LogP contribution is 2.32. The third kappa shape index (κ3) is 4.19. The van der Waals surface area contributed by atoms with Crippen molar-refractivity contribution in [3.05, 3.63) is 81.2 Å². The summed E-state index contributed by atoms with van der Waals surface area (Å²) < 4.78 is 34.3. The Morgan fingerprint density at radius 1 is 1.03 bits per heavy atom. The molecule has 0 saturated carbocycles. The smallest absolute Gasteiger partial charge is 0.304 e. The molecule has 4 aromatic rings. The van der Waals surface area contributed by atoms with Crippen LogP contribution in [0.1, 0.15) is 30.8 Å². The predicted molar refractivity (Wildman–Crippen MR) is 123 cm³/mol. The van der Waals surface area contributed by atoms with Crippen LogP contribution in [-0.4, -0.2) is 22.5 Å². The Labute approximate surface area is 184 Å². The van der Waals surface area contributed by atoms with Gasteiger partial charge in [0.05, 0.1) is 12.1 Å². The van der Waals surface area contributed by atoms with E-state index in [9.17, 15) is 17.8 Å². The highest BCUT2D eigenvalue weighted by molar-refractivity contribution is 7.88. The fraction of sp³-hybridized carbons (Fsp3) is 0.217. The average molecular weight is 455 g/mol. The van der Waals surface area contributed by atoms with Crippen molar-refractivity contribution >= 4 is 32.4 Å². The van der Waals surface area contributed by atoms with Crippen molar-refractivity contribution in [2.45, 2.75) is 37.4 Å². The maximum Gasteiger partial charge on any atom is 0.304 e. The number of aromatic nitrogens is 2. The Bertz CT molecular complexity index is 1420. The van der Waals surface area contributed by atoms with Gasteiger partial charge in [0.25, 0.3) is 5.56 Å². The molecule has 0 aliphatic heterocycles. The second-order valence-corrected chi connectivity index (χ2v) is 9.78. The topological polar surface area (TPSA) is 89.3 Å². The Kier molecular flexibility index (Phi) is 5.79. The maximum atomic E-state index is 12.7. The van der Waals surface area contributed by atoms with Crippen LogP contribution in [0, 0.1) is 0 Å². The lowest BCUT2D eigenvalue weighted by molar-refractivity contribution is 0.486. The summed E-state index contributed by atoms with van der Waals surface area (Å²) in [5.74, 6) is 0. The second kappa shape index (κ2) is 8.37. The Balaban J connectivity index is 1.75. The minimum absolute atomic E-state index is 0.0720. The monoisotopic (exact) mass is 454 g/mol. The van der Waals surface area contributed by atoms with Crippen LogP contribution in [0.25, 0.3) is 22.0 Å². The van der Waals surface area contributed by atoms with E-state index in [0.29, 0.717) is 17.7 Å². The first kappa shape index (κ1) is 21.4. The molecular formula is C23H22N2O4S2. The first-order valence-corrected chi connectivity index (χ1v) is 12.3. The van der Waals surface area contributed by atoms with Crippen LogP contribution >= 0.6 is 11.3 Å². The van der Waals surface area contributed by atoms with Crippen LogP contribution in [-0.2, 0) is 29.5 Å². The molecule has 160 valence electrons. The second-order valence-electron chi connectivity index (χ2n) is 7.25. The van der Waals surface area contributed by atoms with Crippen molar-refractivity contribution in [1.29, 1.82) is 0 Å². The van der Waals surface area contributed by atoms with Crippen LogP contribution in [0.5, 0.6) is 0 Å². The molecule has 3 heterocycles. The van der Waals surface area contributed by atoms with Gasteiger partial charge in [0, 0.05) is 28.4 Å². The minimum Gasteiger partial charge on any atom is -0.304 e. The largest absolute Gasteiger partial charge is 0.304 e. The molecule has 31 heavy (non-hydrogen) atoms. The molecule has 4 rings (SSSR count). The average Bonchev–Trinajstić information content (AvgIpc) is 3.26. The number of nitrogens with zero attached hydrogens (tertiary/aromatic N) is 2. The lowest BCUT2D eigenvalue weighted by Crippen LogP contribution is -2.20. The van der Waals surface area contributed by atoms with Gasteiger partial charge < -0.3 is 4.57 Å². The van der Waals surface area contributed by atoms with E-state index < -0.39 is 10.1 Å². The molecule has 0 fully saturated rings. The standard InChI is InChI=1S/C23H22N2O4S2/c1-3-17-13-21-19(20(4-2)24-17)9-10-22(26)25(21)14-15-5-7-16(8-6-15)18-11-12-30-23(18)31(27,28)29/h5-13H,3-4,14H2,1-2H3,(H,27,28,29). The first-order chi connectivity index (χ1) is 14.8. The summed E-state index contributed by atoms with van der Waals surface area (Å²) in [4.78, 5) is 17.4. The van der Waals surface area contributed by atoms with Gasteiger partial charge in [-0.1, -0.05) is 38.1 Å². The van der Waals surface area contributed by atoms with Crippen LogP contribution in [0.4, 0.5) is 0 Å². The minimum atomic E-state index is -4.27. The van der Waals surface area contributed by atoms with Gasteiger partial charge in [0.1, 0.15) is 0 Å². The van der Waals surface area contributed by atoms with Gasteiger partial charge in [-0.3, -0.25) is 14.3 Å². The SMILES string of the molecule is CCc1cc2c(ccc(=O)n2Cc2ccc(-c3ccsc3S(=O)(=O)O)cc2)c(CC)n1. The van der Waals surface area contributed by atoms with Crippen molar-refractivity contribution in [1.82, 2.24) is 9.55 Å². The zero-order chi connectivity index (χ0) is 22.2. The number of rotatable bonds is 6. The van der Waals surface area contributed by atoms with E-state index in [1.54, 1.807) is 34.2 Å². The van der Waals surface area contributed by atoms with E-state index in [-0.39, 0.29) is 9.77 Å². The number of benzene rings is 1. The van der Waals surface area contributed by atoms with E-state index in [0.717, 1.165) is 52.0 Å². The van der Waals surface area contributed by atoms with E-state index >= 15 is 0 Å². The summed E-state index contributed by atoms with van der Waals surface area (Å²) in [6, 6.07) is 14.4.